The zero-order valence-corrected chi connectivity index (χ0v) is 12.8. The minimum absolute atomic E-state index is 0.0226. The van der Waals surface area contributed by atoms with E-state index in [-0.39, 0.29) is 16.9 Å². The molecule has 0 saturated carbocycles. The lowest BCUT2D eigenvalue weighted by Gasteiger charge is -2.20. The van der Waals surface area contributed by atoms with E-state index in [0.29, 0.717) is 30.0 Å². The average Bonchev–Trinajstić information content (AvgIpc) is 2.82. The molecule has 0 spiro atoms. The summed E-state index contributed by atoms with van der Waals surface area (Å²) in [5.41, 5.74) is 7.00. The van der Waals surface area contributed by atoms with Crippen LogP contribution in [-0.4, -0.2) is 25.3 Å². The first-order valence-electron chi connectivity index (χ1n) is 6.39. The maximum Gasteiger partial charge on any atom is 0.223 e. The van der Waals surface area contributed by atoms with E-state index in [1.54, 1.807) is 11.0 Å². The highest BCUT2D eigenvalue weighted by Gasteiger charge is 2.27. The van der Waals surface area contributed by atoms with Crippen LogP contribution in [0.15, 0.2) is 18.2 Å². The third-order valence-corrected chi connectivity index (χ3v) is 4.26. The monoisotopic (exact) mass is 341 g/mol. The molecule has 3 rings (SSSR count). The van der Waals surface area contributed by atoms with Crippen LogP contribution in [0.25, 0.3) is 0 Å². The van der Waals surface area contributed by atoms with Gasteiger partial charge >= 0.3 is 0 Å². The number of anilines is 3. The van der Waals surface area contributed by atoms with Crippen LogP contribution in [0, 0.1) is 5.82 Å². The van der Waals surface area contributed by atoms with Gasteiger partial charge in [0, 0.05) is 17.9 Å². The summed E-state index contributed by atoms with van der Waals surface area (Å²) >= 11 is 3.77. The standard InChI is InChI=1S/C13H12ClFN4O2S/c14-11-8-3-4-19(12(8)18-13(16)17-11)10-2-1-7(5-9(10)15)6-22(20)21/h1-2,5H,3-4,6H2,(H,20,21)(H2,16,17,18)/p-1. The van der Waals surface area contributed by atoms with E-state index in [1.807, 2.05) is 0 Å². The van der Waals surface area contributed by atoms with Crippen LogP contribution in [0.1, 0.15) is 11.1 Å². The zero-order valence-electron chi connectivity index (χ0n) is 11.3. The summed E-state index contributed by atoms with van der Waals surface area (Å²) in [5.74, 6) is -0.246. The molecule has 0 radical (unpaired) electrons. The Labute approximate surface area is 133 Å². The molecule has 2 aromatic rings. The molecule has 2 N–H and O–H groups in total. The smallest absolute Gasteiger partial charge is 0.223 e. The summed E-state index contributed by atoms with van der Waals surface area (Å²) in [4.78, 5) is 9.67. The SMILES string of the molecule is Nc1nc(Cl)c2c(n1)N(c1ccc(CS(=O)[O-])cc1F)CC2. The van der Waals surface area contributed by atoms with E-state index in [2.05, 4.69) is 9.97 Å². The lowest BCUT2D eigenvalue weighted by Crippen LogP contribution is -2.16. The second kappa shape index (κ2) is 5.79. The van der Waals surface area contributed by atoms with E-state index in [9.17, 15) is 13.2 Å². The Morgan fingerprint density at radius 2 is 2.23 bits per heavy atom. The summed E-state index contributed by atoms with van der Waals surface area (Å²) in [5, 5.41) is 0.267. The molecule has 0 bridgehead atoms. The second-order valence-corrected chi connectivity index (χ2v) is 6.06. The maximum absolute atomic E-state index is 14.3. The van der Waals surface area contributed by atoms with Gasteiger partial charge in [-0.05, 0) is 24.1 Å². The normalized spacial score (nSPS) is 15.0. The van der Waals surface area contributed by atoms with Crippen molar-refractivity contribution in [3.8, 4) is 0 Å². The Balaban J connectivity index is 1.99. The fourth-order valence-corrected chi connectivity index (χ4v) is 3.18. The van der Waals surface area contributed by atoms with E-state index < -0.39 is 16.9 Å². The van der Waals surface area contributed by atoms with E-state index in [4.69, 9.17) is 17.3 Å². The molecule has 0 fully saturated rings. The molecule has 2 heterocycles. The summed E-state index contributed by atoms with van der Waals surface area (Å²) in [7, 11) is 0. The molecule has 9 heteroatoms. The van der Waals surface area contributed by atoms with Gasteiger partial charge in [0.25, 0.3) is 0 Å². The van der Waals surface area contributed by atoms with Crippen LogP contribution in [0.5, 0.6) is 0 Å². The highest BCUT2D eigenvalue weighted by molar-refractivity contribution is 7.78. The Kier molecular flexibility index (Phi) is 3.98. The lowest BCUT2D eigenvalue weighted by molar-refractivity contribution is 0.536. The summed E-state index contributed by atoms with van der Waals surface area (Å²) < 4.78 is 35.7. The van der Waals surface area contributed by atoms with Gasteiger partial charge in [-0.15, -0.1) is 0 Å². The number of nitrogen functional groups attached to an aromatic ring is 1. The number of hydrogen-bond acceptors (Lipinski definition) is 6. The van der Waals surface area contributed by atoms with Crippen molar-refractivity contribution in [2.75, 3.05) is 17.2 Å². The van der Waals surface area contributed by atoms with Crippen LogP contribution >= 0.6 is 11.6 Å². The molecular formula is C13H11ClFN4O2S-. The van der Waals surface area contributed by atoms with Crippen molar-refractivity contribution in [2.45, 2.75) is 12.2 Å². The number of benzene rings is 1. The molecule has 1 aliphatic rings. The predicted molar refractivity (Wildman–Crippen MR) is 81.2 cm³/mol. The van der Waals surface area contributed by atoms with Gasteiger partial charge in [0.05, 0.1) is 5.69 Å². The van der Waals surface area contributed by atoms with Gasteiger partial charge in [0.15, 0.2) is 0 Å². The number of fused-ring (bicyclic) bond motifs is 1. The number of hydrogen-bond donors (Lipinski definition) is 1. The van der Waals surface area contributed by atoms with Gasteiger partial charge in [-0.2, -0.15) is 4.98 Å². The summed E-state index contributed by atoms with van der Waals surface area (Å²) in [6.07, 6.45) is 0.584. The van der Waals surface area contributed by atoms with Gasteiger partial charge in [-0.25, -0.2) is 9.37 Å². The largest absolute Gasteiger partial charge is 0.772 e. The minimum Gasteiger partial charge on any atom is -0.772 e. The Morgan fingerprint density at radius 1 is 1.45 bits per heavy atom. The number of nitrogens with two attached hydrogens (primary N) is 1. The van der Waals surface area contributed by atoms with Crippen molar-refractivity contribution < 1.29 is 13.2 Å². The topological polar surface area (TPSA) is 95.2 Å². The van der Waals surface area contributed by atoms with Crippen LogP contribution < -0.4 is 10.6 Å². The first-order chi connectivity index (χ1) is 10.5. The quantitative estimate of drug-likeness (QED) is 0.677. The van der Waals surface area contributed by atoms with Crippen molar-refractivity contribution in [3.63, 3.8) is 0 Å². The Hall–Kier alpha value is -1.77. The first kappa shape index (κ1) is 15.1. The number of halogens is 2. The molecule has 1 aromatic heterocycles. The number of aromatic nitrogens is 2. The van der Waals surface area contributed by atoms with Crippen molar-refractivity contribution in [2.24, 2.45) is 0 Å². The molecule has 1 unspecified atom stereocenters. The summed E-state index contributed by atoms with van der Waals surface area (Å²) in [6, 6.07) is 4.30. The van der Waals surface area contributed by atoms with E-state index in [1.165, 1.54) is 12.1 Å². The predicted octanol–water partition coefficient (Wildman–Crippen LogP) is 1.92. The molecule has 1 atom stereocenters. The number of nitrogens with zero attached hydrogens (tertiary/aromatic N) is 3. The van der Waals surface area contributed by atoms with Gasteiger partial charge < -0.3 is 15.2 Å². The molecule has 6 nitrogen and oxygen atoms in total. The van der Waals surface area contributed by atoms with Crippen LogP contribution in [0.3, 0.4) is 0 Å². The molecule has 0 amide bonds. The summed E-state index contributed by atoms with van der Waals surface area (Å²) in [6.45, 7) is 0.497. The van der Waals surface area contributed by atoms with Crippen LogP contribution in [0.2, 0.25) is 5.15 Å². The maximum atomic E-state index is 14.3. The van der Waals surface area contributed by atoms with Gasteiger partial charge in [0.1, 0.15) is 16.8 Å². The first-order valence-corrected chi connectivity index (χ1v) is 8.01. The Bertz CT molecular complexity index is 774. The lowest BCUT2D eigenvalue weighted by atomic mass is 10.2. The second-order valence-electron chi connectivity index (χ2n) is 4.81. The molecule has 22 heavy (non-hydrogen) atoms. The van der Waals surface area contributed by atoms with Crippen LogP contribution in [0.4, 0.5) is 21.8 Å². The van der Waals surface area contributed by atoms with Crippen molar-refractivity contribution in [1.82, 2.24) is 9.97 Å². The van der Waals surface area contributed by atoms with Crippen molar-refractivity contribution in [3.05, 3.63) is 40.3 Å². The van der Waals surface area contributed by atoms with Gasteiger partial charge in [-0.1, -0.05) is 28.7 Å². The highest BCUT2D eigenvalue weighted by atomic mass is 35.5. The van der Waals surface area contributed by atoms with E-state index >= 15 is 0 Å². The molecular weight excluding hydrogens is 331 g/mol. The van der Waals surface area contributed by atoms with Crippen molar-refractivity contribution in [1.29, 1.82) is 0 Å². The molecule has 116 valence electrons. The average molecular weight is 342 g/mol. The molecule has 0 saturated heterocycles. The number of rotatable bonds is 3. The fourth-order valence-electron chi connectivity index (χ4n) is 2.46. The molecule has 1 aromatic carbocycles. The highest BCUT2D eigenvalue weighted by Crippen LogP contribution is 2.37. The third kappa shape index (κ3) is 2.77. The van der Waals surface area contributed by atoms with Gasteiger partial charge in [-0.3, -0.25) is 4.21 Å². The van der Waals surface area contributed by atoms with Gasteiger partial charge in [0.2, 0.25) is 5.95 Å². The zero-order chi connectivity index (χ0) is 15.9. The van der Waals surface area contributed by atoms with Crippen molar-refractivity contribution >= 4 is 40.1 Å². The third-order valence-electron chi connectivity index (χ3n) is 3.38. The molecule has 0 aliphatic carbocycles. The van der Waals surface area contributed by atoms with Crippen LogP contribution in [-0.2, 0) is 23.3 Å². The molecule has 1 aliphatic heterocycles. The van der Waals surface area contributed by atoms with E-state index in [0.717, 1.165) is 5.56 Å². The Morgan fingerprint density at radius 3 is 2.91 bits per heavy atom. The fraction of sp³-hybridized carbons (Fsp3) is 0.231. The minimum atomic E-state index is -2.26.